The highest BCUT2D eigenvalue weighted by molar-refractivity contribution is 7.90. The molecular formula is C21H26ClN3O3S. The van der Waals surface area contributed by atoms with E-state index in [0.717, 1.165) is 24.3 Å². The van der Waals surface area contributed by atoms with Gasteiger partial charge in [-0.2, -0.15) is 0 Å². The third-order valence-corrected chi connectivity index (χ3v) is 6.54. The molecule has 1 unspecified atom stereocenters. The van der Waals surface area contributed by atoms with Gasteiger partial charge in [-0.25, -0.2) is 8.42 Å². The fourth-order valence-corrected chi connectivity index (χ4v) is 4.18. The molecule has 1 aliphatic rings. The normalized spacial score (nSPS) is 16.0. The van der Waals surface area contributed by atoms with E-state index in [1.54, 1.807) is 24.3 Å². The van der Waals surface area contributed by atoms with Crippen LogP contribution >= 0.6 is 11.6 Å². The van der Waals surface area contributed by atoms with Crippen LogP contribution in [0.3, 0.4) is 0 Å². The van der Waals surface area contributed by atoms with Crippen molar-refractivity contribution in [1.29, 1.82) is 0 Å². The van der Waals surface area contributed by atoms with Crippen LogP contribution in [0.15, 0.2) is 53.4 Å². The van der Waals surface area contributed by atoms with E-state index in [0.29, 0.717) is 23.0 Å². The van der Waals surface area contributed by atoms with E-state index in [1.807, 2.05) is 36.1 Å². The van der Waals surface area contributed by atoms with Gasteiger partial charge in [-0.3, -0.25) is 4.79 Å². The molecule has 6 nitrogen and oxygen atoms in total. The highest BCUT2D eigenvalue weighted by atomic mass is 35.5. The van der Waals surface area contributed by atoms with Crippen LogP contribution in [0.25, 0.3) is 0 Å². The Hall–Kier alpha value is -2.09. The maximum atomic E-state index is 12.6. The first kappa shape index (κ1) is 21.6. The van der Waals surface area contributed by atoms with Gasteiger partial charge in [0.25, 0.3) is 0 Å². The zero-order chi connectivity index (χ0) is 21.0. The van der Waals surface area contributed by atoms with Crippen molar-refractivity contribution in [2.75, 3.05) is 43.9 Å². The Kier molecular flexibility index (Phi) is 6.82. The molecule has 0 bridgehead atoms. The molecule has 2 aromatic carbocycles. The van der Waals surface area contributed by atoms with Gasteiger partial charge in [0.2, 0.25) is 5.91 Å². The van der Waals surface area contributed by atoms with Crippen molar-refractivity contribution < 1.29 is 13.2 Å². The average Bonchev–Trinajstić information content (AvgIpc) is 2.71. The molecule has 1 N–H and O–H groups in total. The zero-order valence-corrected chi connectivity index (χ0v) is 18.2. The number of anilines is 1. The second kappa shape index (κ2) is 9.15. The topological polar surface area (TPSA) is 69.7 Å². The van der Waals surface area contributed by atoms with Crippen LogP contribution in [0.1, 0.15) is 18.5 Å². The summed E-state index contributed by atoms with van der Waals surface area (Å²) in [5.74, 6) is 0.0651. The summed E-state index contributed by atoms with van der Waals surface area (Å²) in [6.45, 7) is 5.09. The van der Waals surface area contributed by atoms with Crippen molar-refractivity contribution in [1.82, 2.24) is 10.2 Å². The van der Waals surface area contributed by atoms with Gasteiger partial charge in [0.05, 0.1) is 11.4 Å². The Balaban J connectivity index is 1.48. The smallest absolute Gasteiger partial charge is 0.236 e. The van der Waals surface area contributed by atoms with Crippen LogP contribution in [-0.2, 0) is 14.6 Å². The van der Waals surface area contributed by atoms with Gasteiger partial charge < -0.3 is 15.1 Å². The van der Waals surface area contributed by atoms with Gasteiger partial charge in [0, 0.05) is 49.2 Å². The minimum absolute atomic E-state index is 0.0553. The Morgan fingerprint density at radius 1 is 1.10 bits per heavy atom. The second-order valence-corrected chi connectivity index (χ2v) is 9.74. The summed E-state index contributed by atoms with van der Waals surface area (Å²) in [5.41, 5.74) is 2.02. The van der Waals surface area contributed by atoms with Gasteiger partial charge in [-0.1, -0.05) is 29.8 Å². The molecule has 0 saturated carbocycles. The van der Waals surface area contributed by atoms with Crippen molar-refractivity contribution in [3.05, 3.63) is 59.1 Å². The summed E-state index contributed by atoms with van der Waals surface area (Å²) >= 11 is 6.07. The fraction of sp³-hybridized carbons (Fsp3) is 0.381. The quantitative estimate of drug-likeness (QED) is 0.755. The summed E-state index contributed by atoms with van der Waals surface area (Å²) in [5, 5.41) is 3.94. The maximum absolute atomic E-state index is 12.6. The SMILES string of the molecule is CC(NCC(=O)N1CCN(c2cccc(Cl)c2)CC1)c1ccc(S(C)(=O)=O)cc1. The maximum Gasteiger partial charge on any atom is 0.236 e. The largest absolute Gasteiger partial charge is 0.368 e. The second-order valence-electron chi connectivity index (χ2n) is 7.29. The van der Waals surface area contributed by atoms with Crippen molar-refractivity contribution in [3.8, 4) is 0 Å². The number of hydrogen-bond acceptors (Lipinski definition) is 5. The molecule has 2 aromatic rings. The third kappa shape index (κ3) is 5.72. The van der Waals surface area contributed by atoms with Crippen LogP contribution in [0.5, 0.6) is 0 Å². The zero-order valence-electron chi connectivity index (χ0n) is 16.6. The number of nitrogens with zero attached hydrogens (tertiary/aromatic N) is 2. The lowest BCUT2D eigenvalue weighted by atomic mass is 10.1. The number of halogens is 1. The van der Waals surface area contributed by atoms with E-state index in [9.17, 15) is 13.2 Å². The number of nitrogens with one attached hydrogen (secondary N) is 1. The molecule has 29 heavy (non-hydrogen) atoms. The van der Waals surface area contributed by atoms with Gasteiger partial charge >= 0.3 is 0 Å². The van der Waals surface area contributed by atoms with E-state index in [4.69, 9.17) is 11.6 Å². The Bertz CT molecular complexity index is 955. The Morgan fingerprint density at radius 3 is 2.34 bits per heavy atom. The first-order chi connectivity index (χ1) is 13.7. The minimum Gasteiger partial charge on any atom is -0.368 e. The summed E-state index contributed by atoms with van der Waals surface area (Å²) in [4.78, 5) is 17.0. The molecule has 0 aromatic heterocycles. The van der Waals surface area contributed by atoms with E-state index in [-0.39, 0.29) is 18.5 Å². The molecule has 8 heteroatoms. The highest BCUT2D eigenvalue weighted by Gasteiger charge is 2.21. The van der Waals surface area contributed by atoms with Gasteiger partial charge in [0.1, 0.15) is 0 Å². The molecule has 156 valence electrons. The molecule has 1 saturated heterocycles. The molecular weight excluding hydrogens is 410 g/mol. The molecule has 0 aliphatic carbocycles. The van der Waals surface area contributed by atoms with Gasteiger partial charge in [-0.05, 0) is 42.8 Å². The minimum atomic E-state index is -3.21. The van der Waals surface area contributed by atoms with E-state index >= 15 is 0 Å². The number of rotatable bonds is 6. The van der Waals surface area contributed by atoms with Crippen molar-refractivity contribution >= 4 is 33.0 Å². The first-order valence-electron chi connectivity index (χ1n) is 9.56. The lowest BCUT2D eigenvalue weighted by Gasteiger charge is -2.36. The summed E-state index contributed by atoms with van der Waals surface area (Å²) in [6, 6.07) is 14.5. The molecule has 1 heterocycles. The summed E-state index contributed by atoms with van der Waals surface area (Å²) in [6.07, 6.45) is 1.19. The fourth-order valence-electron chi connectivity index (χ4n) is 3.36. The number of amides is 1. The number of hydrogen-bond donors (Lipinski definition) is 1. The number of piperazine rings is 1. The van der Waals surface area contributed by atoms with Gasteiger partial charge in [0.15, 0.2) is 9.84 Å². The standard InChI is InChI=1S/C21H26ClN3O3S/c1-16(17-6-8-20(9-7-17)29(2,27)28)23-15-21(26)25-12-10-24(11-13-25)19-5-3-4-18(22)14-19/h3-9,14,16,23H,10-13,15H2,1-2H3. The molecule has 1 atom stereocenters. The van der Waals surface area contributed by atoms with Crippen molar-refractivity contribution in [2.24, 2.45) is 0 Å². The van der Waals surface area contributed by atoms with E-state index in [2.05, 4.69) is 10.2 Å². The number of sulfone groups is 1. The summed E-state index contributed by atoms with van der Waals surface area (Å²) in [7, 11) is -3.21. The molecule has 1 amide bonds. The van der Waals surface area contributed by atoms with Crippen molar-refractivity contribution in [2.45, 2.75) is 17.9 Å². The Labute approximate surface area is 177 Å². The van der Waals surface area contributed by atoms with Crippen LogP contribution in [0.2, 0.25) is 5.02 Å². The van der Waals surface area contributed by atoms with Crippen molar-refractivity contribution in [3.63, 3.8) is 0 Å². The first-order valence-corrected chi connectivity index (χ1v) is 11.8. The third-order valence-electron chi connectivity index (χ3n) is 5.17. The molecule has 1 fully saturated rings. The molecule has 1 aliphatic heterocycles. The van der Waals surface area contributed by atoms with E-state index < -0.39 is 9.84 Å². The van der Waals surface area contributed by atoms with Crippen LogP contribution in [0, 0.1) is 0 Å². The number of carbonyl (C=O) groups excluding carboxylic acids is 1. The summed E-state index contributed by atoms with van der Waals surface area (Å²) < 4.78 is 23.1. The average molecular weight is 436 g/mol. The molecule has 3 rings (SSSR count). The predicted octanol–water partition coefficient (Wildman–Crippen LogP) is 2.74. The Morgan fingerprint density at radius 2 is 1.76 bits per heavy atom. The molecule has 0 radical (unpaired) electrons. The lowest BCUT2D eigenvalue weighted by Crippen LogP contribution is -2.51. The van der Waals surface area contributed by atoms with Gasteiger partial charge in [-0.15, -0.1) is 0 Å². The van der Waals surface area contributed by atoms with Crippen LogP contribution < -0.4 is 10.2 Å². The highest BCUT2D eigenvalue weighted by Crippen LogP contribution is 2.21. The molecule has 0 spiro atoms. The lowest BCUT2D eigenvalue weighted by molar-refractivity contribution is -0.130. The van der Waals surface area contributed by atoms with E-state index in [1.165, 1.54) is 6.26 Å². The van der Waals surface area contributed by atoms with Crippen LogP contribution in [-0.4, -0.2) is 58.2 Å². The van der Waals surface area contributed by atoms with Crippen LogP contribution in [0.4, 0.5) is 5.69 Å². The predicted molar refractivity (Wildman–Crippen MR) is 116 cm³/mol. The number of carbonyl (C=O) groups is 1. The number of benzene rings is 2. The monoisotopic (exact) mass is 435 g/mol.